The monoisotopic (exact) mass is 1030 g/mol. The Morgan fingerprint density at radius 1 is 0.272 bits per heavy atom. The molecule has 0 aliphatic heterocycles. The molecule has 0 saturated heterocycles. The normalized spacial score (nSPS) is 11.9. The highest BCUT2D eigenvalue weighted by Gasteiger charge is 2.35. The third kappa shape index (κ3) is 6.15. The number of benzene rings is 12. The molecule has 374 valence electrons. The van der Waals surface area contributed by atoms with Crippen LogP contribution in [0.5, 0.6) is 0 Å². The van der Waals surface area contributed by atoms with E-state index in [1.807, 2.05) is 24.3 Å². The van der Waals surface area contributed by atoms with Crippen molar-refractivity contribution in [3.8, 4) is 57.1 Å². The summed E-state index contributed by atoms with van der Waals surface area (Å²) >= 11 is 0. The summed E-state index contributed by atoms with van der Waals surface area (Å²) in [6.45, 7) is 0. The molecule has 0 atom stereocenters. The standard InChI is InChI=1S/C74H42N6O/c75-43-58-70(77-60-31-13-6-24-49(60)50-25-7-14-32-61(50)77)59(44-76)73(79-64-35-17-10-28-53(64)54-29-11-18-36-65(54)79)74(72(58)78-62-33-15-8-26-51(62)52-27-9-16-34-63(52)78)80-66-42-46(48-23-5-4-22-47(48)45-20-2-1-3-21-45)38-39-55(66)56-40-41-68-69(71(56)80)57-30-12-19-37-67(57)81-68/h1-42H. The smallest absolute Gasteiger partial charge is 0.137 e. The van der Waals surface area contributed by atoms with Gasteiger partial charge in [-0.25, -0.2) is 0 Å². The molecule has 0 aliphatic rings. The van der Waals surface area contributed by atoms with E-state index in [1.54, 1.807) is 0 Å². The summed E-state index contributed by atoms with van der Waals surface area (Å²) in [6.07, 6.45) is 0. The van der Waals surface area contributed by atoms with Crippen LogP contribution in [0.15, 0.2) is 259 Å². The fourth-order valence-corrected chi connectivity index (χ4v) is 13.6. The molecular formula is C74H42N6O. The van der Waals surface area contributed by atoms with Gasteiger partial charge in [0.15, 0.2) is 0 Å². The number of para-hydroxylation sites is 7. The maximum absolute atomic E-state index is 12.7. The molecule has 12 aromatic carbocycles. The van der Waals surface area contributed by atoms with Crippen LogP contribution in [0.3, 0.4) is 0 Å². The van der Waals surface area contributed by atoms with Crippen LogP contribution in [-0.4, -0.2) is 18.3 Å². The summed E-state index contributed by atoms with van der Waals surface area (Å²) in [6, 6.07) is 94.9. The molecule has 17 rings (SSSR count). The number of hydrogen-bond donors (Lipinski definition) is 0. The number of hydrogen-bond acceptors (Lipinski definition) is 3. The lowest BCUT2D eigenvalue weighted by molar-refractivity contribution is 0.669. The van der Waals surface area contributed by atoms with Crippen LogP contribution < -0.4 is 0 Å². The highest BCUT2D eigenvalue weighted by molar-refractivity contribution is 6.26. The minimum Gasteiger partial charge on any atom is -0.456 e. The van der Waals surface area contributed by atoms with Gasteiger partial charge in [0.05, 0.1) is 72.3 Å². The zero-order valence-corrected chi connectivity index (χ0v) is 43.3. The van der Waals surface area contributed by atoms with E-state index in [0.717, 1.165) is 131 Å². The molecular weight excluding hydrogens is 989 g/mol. The van der Waals surface area contributed by atoms with Crippen LogP contribution in [0, 0.1) is 22.7 Å². The summed E-state index contributed by atoms with van der Waals surface area (Å²) < 4.78 is 16.0. The minimum absolute atomic E-state index is 0.342. The predicted octanol–water partition coefficient (Wildman–Crippen LogP) is 19.1. The van der Waals surface area contributed by atoms with Gasteiger partial charge in [-0.3, -0.25) is 0 Å². The molecule has 5 aromatic heterocycles. The second kappa shape index (κ2) is 17.1. The Bertz CT molecular complexity index is 5320. The molecule has 0 N–H and O–H groups in total. The third-order valence-electron chi connectivity index (χ3n) is 16.8. The number of aromatic nitrogens is 4. The zero-order valence-electron chi connectivity index (χ0n) is 43.3. The SMILES string of the molecule is N#Cc1c(-n2c3ccccc3c3ccccc32)c(C#N)c(-n2c3ccccc3c3ccccc32)c(-n2c3cc(-c4ccccc4-c4ccccc4)ccc3c3ccc4oc5ccccc5c4c32)c1-n1c2ccccc2c2ccccc21. The Morgan fingerprint density at radius 3 is 1.14 bits per heavy atom. The van der Waals surface area contributed by atoms with Gasteiger partial charge in [0.1, 0.15) is 34.4 Å². The largest absolute Gasteiger partial charge is 0.456 e. The van der Waals surface area contributed by atoms with E-state index >= 15 is 0 Å². The van der Waals surface area contributed by atoms with Gasteiger partial charge in [0, 0.05) is 48.5 Å². The lowest BCUT2D eigenvalue weighted by Crippen LogP contribution is -2.17. The van der Waals surface area contributed by atoms with Crippen molar-refractivity contribution in [1.29, 1.82) is 10.5 Å². The van der Waals surface area contributed by atoms with Gasteiger partial charge in [-0.1, -0.05) is 194 Å². The number of nitrogens with zero attached hydrogens (tertiary/aromatic N) is 6. The molecule has 0 fully saturated rings. The van der Waals surface area contributed by atoms with Crippen LogP contribution in [0.1, 0.15) is 11.1 Å². The van der Waals surface area contributed by atoms with E-state index in [9.17, 15) is 10.5 Å². The van der Waals surface area contributed by atoms with Gasteiger partial charge in [-0.2, -0.15) is 10.5 Å². The number of fused-ring (bicyclic) bond motifs is 16. The second-order valence-corrected chi connectivity index (χ2v) is 20.9. The summed E-state index contributed by atoms with van der Waals surface area (Å²) in [5.74, 6) is 0. The van der Waals surface area contributed by atoms with Crippen LogP contribution in [-0.2, 0) is 0 Å². The van der Waals surface area contributed by atoms with Crippen molar-refractivity contribution in [2.45, 2.75) is 0 Å². The molecule has 0 amide bonds. The average Bonchev–Trinajstić information content (AvgIpc) is 3.22. The maximum Gasteiger partial charge on any atom is 0.137 e. The molecule has 0 spiro atoms. The number of furan rings is 1. The minimum atomic E-state index is 0.342. The lowest BCUT2D eigenvalue weighted by Gasteiger charge is -2.27. The Labute approximate surface area is 463 Å². The quantitative estimate of drug-likeness (QED) is 0.166. The van der Waals surface area contributed by atoms with E-state index in [2.05, 4.69) is 261 Å². The average molecular weight is 1030 g/mol. The van der Waals surface area contributed by atoms with Crippen molar-refractivity contribution in [1.82, 2.24) is 18.3 Å². The number of nitriles is 2. The van der Waals surface area contributed by atoms with Gasteiger partial charge < -0.3 is 22.7 Å². The molecule has 0 saturated carbocycles. The molecule has 0 bridgehead atoms. The van der Waals surface area contributed by atoms with Crippen molar-refractivity contribution in [2.24, 2.45) is 0 Å². The lowest BCUT2D eigenvalue weighted by atomic mass is 9.94. The molecule has 0 aliphatic carbocycles. The Balaban J connectivity index is 1.19. The van der Waals surface area contributed by atoms with E-state index in [0.29, 0.717) is 33.9 Å². The summed E-state index contributed by atoms with van der Waals surface area (Å²) in [4.78, 5) is 0. The molecule has 0 radical (unpaired) electrons. The molecule has 7 nitrogen and oxygen atoms in total. The molecule has 0 unspecified atom stereocenters. The van der Waals surface area contributed by atoms with Crippen LogP contribution >= 0.6 is 0 Å². The predicted molar refractivity (Wildman–Crippen MR) is 331 cm³/mol. The summed E-state index contributed by atoms with van der Waals surface area (Å²) in [7, 11) is 0. The molecule has 17 aromatic rings. The fourth-order valence-electron chi connectivity index (χ4n) is 13.6. The van der Waals surface area contributed by atoms with Gasteiger partial charge >= 0.3 is 0 Å². The summed E-state index contributed by atoms with van der Waals surface area (Å²) in [5.41, 5.74) is 16.1. The van der Waals surface area contributed by atoms with Crippen molar-refractivity contribution in [3.63, 3.8) is 0 Å². The highest BCUT2D eigenvalue weighted by atomic mass is 16.3. The first-order chi connectivity index (χ1) is 40.2. The van der Waals surface area contributed by atoms with E-state index < -0.39 is 0 Å². The van der Waals surface area contributed by atoms with Gasteiger partial charge in [0.2, 0.25) is 0 Å². The van der Waals surface area contributed by atoms with Crippen molar-refractivity contribution in [2.75, 3.05) is 0 Å². The number of rotatable bonds is 6. The van der Waals surface area contributed by atoms with Gasteiger partial charge in [-0.05, 0) is 82.9 Å². The molecule has 81 heavy (non-hydrogen) atoms. The highest BCUT2D eigenvalue weighted by Crippen LogP contribution is 2.51. The Hall–Kier alpha value is -11.4. The Kier molecular flexibility index (Phi) is 9.42. The van der Waals surface area contributed by atoms with Crippen LogP contribution in [0.2, 0.25) is 0 Å². The molecule has 7 heteroatoms. The Morgan fingerprint density at radius 2 is 0.654 bits per heavy atom. The van der Waals surface area contributed by atoms with Crippen molar-refractivity contribution < 1.29 is 4.42 Å². The summed E-state index contributed by atoms with van der Waals surface area (Å²) in [5, 5.41) is 35.5. The van der Waals surface area contributed by atoms with Crippen molar-refractivity contribution >= 4 is 109 Å². The zero-order chi connectivity index (χ0) is 53.4. The van der Waals surface area contributed by atoms with Crippen molar-refractivity contribution in [3.05, 3.63) is 266 Å². The van der Waals surface area contributed by atoms with Gasteiger partial charge in [0.25, 0.3) is 0 Å². The van der Waals surface area contributed by atoms with Crippen LogP contribution in [0.25, 0.3) is 154 Å². The molecule has 5 heterocycles. The van der Waals surface area contributed by atoms with E-state index in [4.69, 9.17) is 4.42 Å². The van der Waals surface area contributed by atoms with Gasteiger partial charge in [-0.15, -0.1) is 0 Å². The third-order valence-corrected chi connectivity index (χ3v) is 16.8. The topological polar surface area (TPSA) is 80.4 Å². The first kappa shape index (κ1) is 44.7. The van der Waals surface area contributed by atoms with Crippen LogP contribution in [0.4, 0.5) is 0 Å². The van der Waals surface area contributed by atoms with E-state index in [1.165, 1.54) is 0 Å². The van der Waals surface area contributed by atoms with E-state index in [-0.39, 0.29) is 0 Å². The first-order valence-corrected chi connectivity index (χ1v) is 27.2. The maximum atomic E-state index is 12.7. The fraction of sp³-hybridized carbons (Fsp3) is 0. The second-order valence-electron chi connectivity index (χ2n) is 20.9. The first-order valence-electron chi connectivity index (χ1n) is 27.2.